The molecule has 0 bridgehead atoms. The number of hydrogen-bond acceptors (Lipinski definition) is 5. The fourth-order valence-corrected chi connectivity index (χ4v) is 3.30. The van der Waals surface area contributed by atoms with E-state index in [-0.39, 0.29) is 5.70 Å². The van der Waals surface area contributed by atoms with Gasteiger partial charge in [0.2, 0.25) is 0 Å². The molecule has 0 spiro atoms. The minimum absolute atomic E-state index is 0.0707. The van der Waals surface area contributed by atoms with Gasteiger partial charge in [0.15, 0.2) is 5.82 Å². The van der Waals surface area contributed by atoms with E-state index >= 15 is 0 Å². The van der Waals surface area contributed by atoms with Gasteiger partial charge in [-0.1, -0.05) is 48.0 Å². The van der Waals surface area contributed by atoms with Crippen LogP contribution in [0.25, 0.3) is 17.3 Å². The summed E-state index contributed by atoms with van der Waals surface area (Å²) >= 11 is 6.16. The van der Waals surface area contributed by atoms with Gasteiger partial charge in [-0.15, -0.1) is 0 Å². The Bertz CT molecular complexity index is 1270. The van der Waals surface area contributed by atoms with Crippen molar-refractivity contribution in [3.05, 3.63) is 106 Å². The third-order valence-corrected chi connectivity index (χ3v) is 5.25. The molecule has 32 heavy (non-hydrogen) atoms. The Kier molecular flexibility index (Phi) is 6.33. The van der Waals surface area contributed by atoms with E-state index in [9.17, 15) is 9.90 Å². The van der Waals surface area contributed by atoms with Crippen molar-refractivity contribution in [3.8, 4) is 11.3 Å². The molecular formula is C25H20ClN3O3. The van der Waals surface area contributed by atoms with Crippen molar-refractivity contribution in [1.29, 1.82) is 0 Å². The van der Waals surface area contributed by atoms with Crippen molar-refractivity contribution in [3.63, 3.8) is 0 Å². The number of hydrogen-bond donors (Lipinski definition) is 2. The average Bonchev–Trinajstić information content (AvgIpc) is 3.30. The Balaban J connectivity index is 1.74. The van der Waals surface area contributed by atoms with E-state index in [4.69, 9.17) is 21.0 Å². The minimum atomic E-state index is -1.13. The molecule has 0 radical (unpaired) electrons. The molecule has 2 N–H and O–H groups in total. The van der Waals surface area contributed by atoms with E-state index in [1.807, 2.05) is 55.5 Å². The molecule has 0 amide bonds. The monoisotopic (exact) mass is 445 g/mol. The molecule has 0 unspecified atom stereocenters. The van der Waals surface area contributed by atoms with Crippen molar-refractivity contribution >= 4 is 29.5 Å². The van der Waals surface area contributed by atoms with Crippen LogP contribution in [0.4, 0.5) is 5.82 Å². The van der Waals surface area contributed by atoms with Crippen LogP contribution in [0.15, 0.2) is 83.2 Å². The van der Waals surface area contributed by atoms with Gasteiger partial charge in [-0.3, -0.25) is 0 Å². The van der Waals surface area contributed by atoms with Gasteiger partial charge >= 0.3 is 5.97 Å². The number of benzene rings is 2. The highest BCUT2D eigenvalue weighted by atomic mass is 35.5. The number of aryl methyl sites for hydroxylation is 1. The third-order valence-electron chi connectivity index (χ3n) is 4.83. The Morgan fingerprint density at radius 1 is 1.16 bits per heavy atom. The van der Waals surface area contributed by atoms with E-state index in [0.717, 1.165) is 16.7 Å². The van der Waals surface area contributed by atoms with Crippen LogP contribution in [0, 0.1) is 6.92 Å². The Morgan fingerprint density at radius 2 is 1.97 bits per heavy atom. The summed E-state index contributed by atoms with van der Waals surface area (Å²) in [5.41, 5.74) is 4.07. The number of nitrogens with zero attached hydrogens (tertiary/aromatic N) is 2. The van der Waals surface area contributed by atoms with Gasteiger partial charge in [-0.05, 0) is 42.3 Å². The van der Waals surface area contributed by atoms with Crippen LogP contribution < -0.4 is 5.32 Å². The summed E-state index contributed by atoms with van der Waals surface area (Å²) in [5.74, 6) is -0.351. The average molecular weight is 446 g/mol. The Hall–Kier alpha value is -3.90. The number of carboxylic acid groups (broad SMARTS) is 1. The zero-order valence-electron chi connectivity index (χ0n) is 17.2. The van der Waals surface area contributed by atoms with E-state index in [1.165, 1.54) is 12.3 Å². The van der Waals surface area contributed by atoms with Crippen LogP contribution in [0.5, 0.6) is 0 Å². The standard InChI is InChI=1S/C25H20ClN3O3/c1-16-12-18(9-10-20(16)26)23-15-27-24(21(28-23)13-17-6-3-2-4-7-17)29-22(25(30)31)14-19-8-5-11-32-19/h2-12,14-15H,13H2,1H3,(H,27,29)(H,30,31)/b22-14-. The molecule has 0 saturated heterocycles. The van der Waals surface area contributed by atoms with E-state index in [2.05, 4.69) is 10.3 Å². The molecule has 2 aromatic carbocycles. The number of rotatable bonds is 7. The first-order chi connectivity index (χ1) is 15.5. The lowest BCUT2D eigenvalue weighted by atomic mass is 10.1. The lowest BCUT2D eigenvalue weighted by Crippen LogP contribution is -2.14. The van der Waals surface area contributed by atoms with Crippen LogP contribution in [-0.4, -0.2) is 21.0 Å². The van der Waals surface area contributed by atoms with Gasteiger partial charge in [0.1, 0.15) is 11.5 Å². The van der Waals surface area contributed by atoms with E-state index in [0.29, 0.717) is 34.4 Å². The van der Waals surface area contributed by atoms with Crippen molar-refractivity contribution in [2.75, 3.05) is 5.32 Å². The largest absolute Gasteiger partial charge is 0.477 e. The predicted molar refractivity (Wildman–Crippen MR) is 124 cm³/mol. The van der Waals surface area contributed by atoms with Gasteiger partial charge in [-0.25, -0.2) is 14.8 Å². The maximum Gasteiger partial charge on any atom is 0.352 e. The highest BCUT2D eigenvalue weighted by Gasteiger charge is 2.16. The van der Waals surface area contributed by atoms with Crippen molar-refractivity contribution in [2.45, 2.75) is 13.3 Å². The maximum absolute atomic E-state index is 11.8. The molecule has 160 valence electrons. The first-order valence-electron chi connectivity index (χ1n) is 9.91. The molecule has 0 aliphatic heterocycles. The summed E-state index contributed by atoms with van der Waals surface area (Å²) in [7, 11) is 0. The van der Waals surface area contributed by atoms with Gasteiger partial charge < -0.3 is 14.8 Å². The fourth-order valence-electron chi connectivity index (χ4n) is 3.18. The Labute approximate surface area is 190 Å². The van der Waals surface area contributed by atoms with Gasteiger partial charge in [0.25, 0.3) is 0 Å². The number of carboxylic acids is 1. The molecule has 7 heteroatoms. The molecule has 0 atom stereocenters. The van der Waals surface area contributed by atoms with Gasteiger partial charge in [0.05, 0.1) is 23.8 Å². The number of anilines is 1. The second-order valence-corrected chi connectivity index (χ2v) is 7.59. The molecular weight excluding hydrogens is 426 g/mol. The second kappa shape index (κ2) is 9.49. The Morgan fingerprint density at radius 3 is 2.66 bits per heavy atom. The van der Waals surface area contributed by atoms with E-state index in [1.54, 1.807) is 18.3 Å². The molecule has 0 saturated carbocycles. The first-order valence-corrected chi connectivity index (χ1v) is 10.3. The number of halogens is 1. The van der Waals surface area contributed by atoms with Crippen LogP contribution in [0.1, 0.15) is 22.6 Å². The summed E-state index contributed by atoms with van der Waals surface area (Å²) in [5, 5.41) is 13.3. The molecule has 0 fully saturated rings. The topological polar surface area (TPSA) is 88.2 Å². The molecule has 4 aromatic rings. The van der Waals surface area contributed by atoms with Crippen LogP contribution in [0.2, 0.25) is 5.02 Å². The van der Waals surface area contributed by atoms with Crippen molar-refractivity contribution < 1.29 is 14.3 Å². The zero-order chi connectivity index (χ0) is 22.5. The second-order valence-electron chi connectivity index (χ2n) is 7.18. The SMILES string of the molecule is Cc1cc(-c2cnc(N/C(=C\c3ccco3)C(=O)O)c(Cc3ccccc3)n2)ccc1Cl. The third kappa shape index (κ3) is 5.04. The summed E-state index contributed by atoms with van der Waals surface area (Å²) in [6.07, 6.45) is 4.98. The zero-order valence-corrected chi connectivity index (χ0v) is 18.0. The quantitative estimate of drug-likeness (QED) is 0.348. The smallest absolute Gasteiger partial charge is 0.352 e. The first kappa shape index (κ1) is 21.3. The van der Waals surface area contributed by atoms with Crippen LogP contribution in [-0.2, 0) is 11.2 Å². The number of aromatic nitrogens is 2. The number of nitrogens with one attached hydrogen (secondary N) is 1. The van der Waals surface area contributed by atoms with Crippen LogP contribution >= 0.6 is 11.6 Å². The highest BCUT2D eigenvalue weighted by molar-refractivity contribution is 6.31. The number of aliphatic carboxylic acids is 1. The lowest BCUT2D eigenvalue weighted by molar-refractivity contribution is -0.132. The van der Waals surface area contributed by atoms with Crippen molar-refractivity contribution in [1.82, 2.24) is 9.97 Å². The molecule has 2 aromatic heterocycles. The summed E-state index contributed by atoms with van der Waals surface area (Å²) in [4.78, 5) is 21.1. The summed E-state index contributed by atoms with van der Waals surface area (Å²) in [6, 6.07) is 18.8. The fraction of sp³-hybridized carbons (Fsp3) is 0.0800. The van der Waals surface area contributed by atoms with Gasteiger partial charge in [-0.2, -0.15) is 0 Å². The molecule has 4 rings (SSSR count). The molecule has 6 nitrogen and oxygen atoms in total. The normalized spacial score (nSPS) is 11.4. The molecule has 0 aliphatic rings. The molecule has 2 heterocycles. The summed E-state index contributed by atoms with van der Waals surface area (Å²) < 4.78 is 5.25. The predicted octanol–water partition coefficient (Wildman–Crippen LogP) is 5.83. The number of furan rings is 1. The van der Waals surface area contributed by atoms with Gasteiger partial charge in [0, 0.05) is 23.1 Å². The minimum Gasteiger partial charge on any atom is -0.477 e. The lowest BCUT2D eigenvalue weighted by Gasteiger charge is -2.13. The maximum atomic E-state index is 11.8. The van der Waals surface area contributed by atoms with Crippen molar-refractivity contribution in [2.24, 2.45) is 0 Å². The summed E-state index contributed by atoms with van der Waals surface area (Å²) in [6.45, 7) is 1.93. The van der Waals surface area contributed by atoms with Crippen LogP contribution in [0.3, 0.4) is 0 Å². The number of carbonyl (C=O) groups is 1. The highest BCUT2D eigenvalue weighted by Crippen LogP contribution is 2.26. The van der Waals surface area contributed by atoms with E-state index < -0.39 is 5.97 Å². The molecule has 0 aliphatic carbocycles.